The Balaban J connectivity index is 3.66. The molecular weight excluding hydrogens is 166 g/mol. The standard InChI is InChI=1S/C6H11NO3S/c1-2-10-5(11)3-4(7)6(8)9/h4H,2-3,7H2,1H3,(H,8,9)/t4-/m0/s1. The van der Waals surface area contributed by atoms with Crippen LogP contribution < -0.4 is 5.73 Å². The summed E-state index contributed by atoms with van der Waals surface area (Å²) in [5.41, 5.74) is 5.18. The molecule has 64 valence electrons. The SMILES string of the molecule is CCOC(=S)C[C@H](N)C(=O)O. The fraction of sp³-hybridized carbons (Fsp3) is 0.667. The van der Waals surface area contributed by atoms with E-state index in [1.165, 1.54) is 0 Å². The number of rotatable bonds is 4. The zero-order chi connectivity index (χ0) is 8.85. The Kier molecular flexibility index (Phi) is 4.72. The van der Waals surface area contributed by atoms with Crippen LogP contribution in [0.5, 0.6) is 0 Å². The summed E-state index contributed by atoms with van der Waals surface area (Å²) in [7, 11) is 0. The Morgan fingerprint density at radius 2 is 2.36 bits per heavy atom. The van der Waals surface area contributed by atoms with Crippen molar-refractivity contribution < 1.29 is 14.6 Å². The van der Waals surface area contributed by atoms with Crippen LogP contribution in [0.3, 0.4) is 0 Å². The van der Waals surface area contributed by atoms with Crippen LogP contribution in [0.1, 0.15) is 13.3 Å². The second-order valence-electron chi connectivity index (χ2n) is 1.95. The van der Waals surface area contributed by atoms with Gasteiger partial charge in [-0.15, -0.1) is 0 Å². The largest absolute Gasteiger partial charge is 0.487 e. The van der Waals surface area contributed by atoms with E-state index in [0.717, 1.165) is 0 Å². The molecule has 0 bridgehead atoms. The highest BCUT2D eigenvalue weighted by molar-refractivity contribution is 7.80. The van der Waals surface area contributed by atoms with Gasteiger partial charge in [0.15, 0.2) is 5.05 Å². The molecule has 0 aromatic heterocycles. The number of thiocarbonyl (C=S) groups is 1. The average molecular weight is 177 g/mol. The lowest BCUT2D eigenvalue weighted by atomic mass is 10.2. The van der Waals surface area contributed by atoms with Gasteiger partial charge < -0.3 is 15.6 Å². The van der Waals surface area contributed by atoms with Gasteiger partial charge in [0.05, 0.1) is 6.61 Å². The molecule has 0 amide bonds. The van der Waals surface area contributed by atoms with Crippen LogP contribution in [0.4, 0.5) is 0 Å². The monoisotopic (exact) mass is 177 g/mol. The molecule has 0 heterocycles. The number of carbonyl (C=O) groups is 1. The molecule has 0 unspecified atom stereocenters. The molecule has 11 heavy (non-hydrogen) atoms. The van der Waals surface area contributed by atoms with Crippen molar-refractivity contribution in [2.24, 2.45) is 5.73 Å². The summed E-state index contributed by atoms with van der Waals surface area (Å²) in [4.78, 5) is 10.2. The highest BCUT2D eigenvalue weighted by Crippen LogP contribution is 1.94. The Morgan fingerprint density at radius 3 is 2.73 bits per heavy atom. The first kappa shape index (κ1) is 10.3. The molecule has 3 N–H and O–H groups in total. The van der Waals surface area contributed by atoms with E-state index in [0.29, 0.717) is 6.61 Å². The number of carboxylic acid groups (broad SMARTS) is 1. The maximum atomic E-state index is 10.2. The summed E-state index contributed by atoms with van der Waals surface area (Å²) in [6.07, 6.45) is 0.0957. The van der Waals surface area contributed by atoms with Gasteiger partial charge in [-0.2, -0.15) is 0 Å². The number of hydrogen-bond acceptors (Lipinski definition) is 4. The highest BCUT2D eigenvalue weighted by atomic mass is 32.1. The van der Waals surface area contributed by atoms with Crippen LogP contribution in [0.2, 0.25) is 0 Å². The number of ether oxygens (including phenoxy) is 1. The van der Waals surface area contributed by atoms with Crippen LogP contribution in [0.25, 0.3) is 0 Å². The van der Waals surface area contributed by atoms with Crippen molar-refractivity contribution in [1.29, 1.82) is 0 Å². The minimum atomic E-state index is -1.06. The molecule has 0 rings (SSSR count). The first-order chi connectivity index (χ1) is 5.07. The van der Waals surface area contributed by atoms with E-state index in [-0.39, 0.29) is 11.5 Å². The van der Waals surface area contributed by atoms with Crippen molar-refractivity contribution in [3.05, 3.63) is 0 Å². The molecule has 0 spiro atoms. The zero-order valence-electron chi connectivity index (χ0n) is 6.24. The second-order valence-corrected chi connectivity index (χ2v) is 2.41. The van der Waals surface area contributed by atoms with Crippen molar-refractivity contribution in [2.75, 3.05) is 6.61 Å². The molecule has 0 aliphatic rings. The lowest BCUT2D eigenvalue weighted by molar-refractivity contribution is -0.138. The number of aliphatic carboxylic acids is 1. The lowest BCUT2D eigenvalue weighted by Gasteiger charge is -2.07. The van der Waals surface area contributed by atoms with Crippen molar-refractivity contribution in [1.82, 2.24) is 0 Å². The predicted octanol–water partition coefficient (Wildman–Crippen LogP) is 0.152. The third-order valence-corrected chi connectivity index (χ3v) is 1.29. The van der Waals surface area contributed by atoms with Gasteiger partial charge >= 0.3 is 5.97 Å². The average Bonchev–Trinajstić information content (AvgIpc) is 1.87. The Morgan fingerprint density at radius 1 is 1.82 bits per heavy atom. The van der Waals surface area contributed by atoms with Crippen LogP contribution in [0, 0.1) is 0 Å². The van der Waals surface area contributed by atoms with Gasteiger partial charge in [0.25, 0.3) is 0 Å². The van der Waals surface area contributed by atoms with E-state index in [1.54, 1.807) is 6.92 Å². The number of carboxylic acids is 1. The van der Waals surface area contributed by atoms with E-state index < -0.39 is 12.0 Å². The topological polar surface area (TPSA) is 72.5 Å². The van der Waals surface area contributed by atoms with Gasteiger partial charge in [0.1, 0.15) is 6.04 Å². The van der Waals surface area contributed by atoms with Crippen molar-refractivity contribution >= 4 is 23.2 Å². The minimum absolute atomic E-state index is 0.0957. The van der Waals surface area contributed by atoms with Crippen LogP contribution in [0.15, 0.2) is 0 Å². The summed E-state index contributed by atoms with van der Waals surface area (Å²) in [5, 5.41) is 8.61. The number of nitrogens with two attached hydrogens (primary N) is 1. The van der Waals surface area contributed by atoms with Gasteiger partial charge in [0, 0.05) is 6.42 Å². The number of hydrogen-bond donors (Lipinski definition) is 2. The molecule has 0 aromatic carbocycles. The van der Waals surface area contributed by atoms with E-state index in [2.05, 4.69) is 12.2 Å². The minimum Gasteiger partial charge on any atom is -0.487 e. The molecule has 0 radical (unpaired) electrons. The molecule has 1 atom stereocenters. The van der Waals surface area contributed by atoms with Crippen LogP contribution in [-0.2, 0) is 9.53 Å². The molecule has 4 nitrogen and oxygen atoms in total. The molecule has 0 saturated carbocycles. The quantitative estimate of drug-likeness (QED) is 0.598. The molecule has 0 aliphatic heterocycles. The maximum absolute atomic E-state index is 10.2. The van der Waals surface area contributed by atoms with Crippen molar-refractivity contribution in [3.63, 3.8) is 0 Å². The summed E-state index contributed by atoms with van der Waals surface area (Å²) in [5.74, 6) is -1.06. The van der Waals surface area contributed by atoms with Crippen LogP contribution in [-0.4, -0.2) is 28.8 Å². The molecule has 0 saturated heterocycles. The third kappa shape index (κ3) is 4.69. The first-order valence-electron chi connectivity index (χ1n) is 3.22. The summed E-state index contributed by atoms with van der Waals surface area (Å²) in [6.45, 7) is 2.23. The van der Waals surface area contributed by atoms with Gasteiger partial charge in [0.2, 0.25) is 0 Å². The Bertz CT molecular complexity index is 160. The molecular formula is C6H11NO3S. The molecule has 0 aromatic rings. The lowest BCUT2D eigenvalue weighted by Crippen LogP contribution is -2.32. The van der Waals surface area contributed by atoms with Gasteiger partial charge in [-0.3, -0.25) is 4.79 Å². The van der Waals surface area contributed by atoms with E-state index in [4.69, 9.17) is 15.6 Å². The smallest absolute Gasteiger partial charge is 0.320 e. The van der Waals surface area contributed by atoms with Crippen molar-refractivity contribution in [2.45, 2.75) is 19.4 Å². The maximum Gasteiger partial charge on any atom is 0.320 e. The zero-order valence-corrected chi connectivity index (χ0v) is 7.06. The predicted molar refractivity (Wildman–Crippen MR) is 44.5 cm³/mol. The second kappa shape index (κ2) is 5.03. The van der Waals surface area contributed by atoms with E-state index >= 15 is 0 Å². The fourth-order valence-corrected chi connectivity index (χ4v) is 0.784. The molecule has 0 fully saturated rings. The van der Waals surface area contributed by atoms with Crippen molar-refractivity contribution in [3.8, 4) is 0 Å². The summed E-state index contributed by atoms with van der Waals surface area (Å²) < 4.78 is 4.85. The van der Waals surface area contributed by atoms with Gasteiger partial charge in [-0.25, -0.2) is 0 Å². The summed E-state index contributed by atoms with van der Waals surface area (Å²) in [6, 6.07) is -0.950. The van der Waals surface area contributed by atoms with Crippen LogP contribution >= 0.6 is 12.2 Å². The highest BCUT2D eigenvalue weighted by Gasteiger charge is 2.13. The Hall–Kier alpha value is -0.680. The first-order valence-corrected chi connectivity index (χ1v) is 3.62. The van der Waals surface area contributed by atoms with E-state index in [9.17, 15) is 4.79 Å². The summed E-state index contributed by atoms with van der Waals surface area (Å²) >= 11 is 4.68. The van der Waals surface area contributed by atoms with Gasteiger partial charge in [-0.1, -0.05) is 0 Å². The van der Waals surface area contributed by atoms with E-state index in [1.807, 2.05) is 0 Å². The normalized spacial score (nSPS) is 12.2. The molecule has 0 aliphatic carbocycles. The van der Waals surface area contributed by atoms with Gasteiger partial charge in [-0.05, 0) is 19.1 Å². The fourth-order valence-electron chi connectivity index (χ4n) is 0.487. The molecule has 5 heteroatoms. The Labute approximate surface area is 70.3 Å². The third-order valence-electron chi connectivity index (χ3n) is 1.01.